The molecule has 0 bridgehead atoms. The summed E-state index contributed by atoms with van der Waals surface area (Å²) in [6.45, 7) is 7.44. The number of aliphatic imine (C=N–C) groups is 1. The number of likely N-dealkylation sites (tertiary alicyclic amines) is 1. The van der Waals surface area contributed by atoms with Gasteiger partial charge in [-0.15, -0.1) is 11.3 Å². The lowest BCUT2D eigenvalue weighted by Gasteiger charge is -2.32. The molecule has 1 aromatic rings. The molecule has 0 aromatic carbocycles. The summed E-state index contributed by atoms with van der Waals surface area (Å²) in [5.41, 5.74) is 1.50. The number of nitrogens with one attached hydrogen (secondary N) is 2. The van der Waals surface area contributed by atoms with Gasteiger partial charge in [-0.1, -0.05) is 0 Å². The van der Waals surface area contributed by atoms with E-state index in [0.717, 1.165) is 58.1 Å². The third-order valence-corrected chi connectivity index (χ3v) is 6.13. The molecule has 0 atom stereocenters. The molecular formula is C18H29N5OS. The fourth-order valence-corrected chi connectivity index (χ4v) is 4.45. The largest absolute Gasteiger partial charge is 0.355 e. The predicted molar refractivity (Wildman–Crippen MR) is 103 cm³/mol. The Labute approximate surface area is 154 Å². The number of fused-ring (bicyclic) bond motifs is 1. The van der Waals surface area contributed by atoms with Crippen molar-refractivity contribution in [3.63, 3.8) is 0 Å². The molecule has 2 aliphatic rings. The molecule has 1 saturated heterocycles. The van der Waals surface area contributed by atoms with E-state index in [0.29, 0.717) is 6.04 Å². The van der Waals surface area contributed by atoms with Crippen LogP contribution in [-0.2, 0) is 17.8 Å². The number of rotatable bonds is 4. The highest BCUT2D eigenvalue weighted by atomic mass is 32.1. The monoisotopic (exact) mass is 363 g/mol. The fourth-order valence-electron chi connectivity index (χ4n) is 3.56. The van der Waals surface area contributed by atoms with Gasteiger partial charge in [0.15, 0.2) is 5.96 Å². The number of piperidine rings is 1. The highest BCUT2D eigenvalue weighted by molar-refractivity contribution is 7.10. The standard InChI is InChI=1S/C18H29N5OS/c1-14(24)23-9-3-16(4-10-23)21-18(19-2)20-7-11-22-8-5-17-15(13-22)6-12-25-17/h6,12,16H,3-5,7-11,13H2,1-2H3,(H2,19,20,21). The minimum atomic E-state index is 0.177. The van der Waals surface area contributed by atoms with Gasteiger partial charge in [0.25, 0.3) is 0 Å². The van der Waals surface area contributed by atoms with Crippen LogP contribution >= 0.6 is 11.3 Å². The molecule has 1 fully saturated rings. The van der Waals surface area contributed by atoms with E-state index in [-0.39, 0.29) is 5.91 Å². The molecule has 2 aliphatic heterocycles. The molecule has 0 aliphatic carbocycles. The van der Waals surface area contributed by atoms with Crippen LogP contribution in [0.25, 0.3) is 0 Å². The van der Waals surface area contributed by atoms with E-state index in [1.165, 1.54) is 12.0 Å². The molecule has 0 spiro atoms. The van der Waals surface area contributed by atoms with Gasteiger partial charge in [-0.3, -0.25) is 14.7 Å². The van der Waals surface area contributed by atoms with Crippen LogP contribution in [0.5, 0.6) is 0 Å². The third-order valence-electron chi connectivity index (χ3n) is 5.11. The van der Waals surface area contributed by atoms with Gasteiger partial charge < -0.3 is 15.5 Å². The van der Waals surface area contributed by atoms with E-state index in [4.69, 9.17) is 0 Å². The summed E-state index contributed by atoms with van der Waals surface area (Å²) in [5, 5.41) is 9.14. The quantitative estimate of drug-likeness (QED) is 0.625. The number of thiophene rings is 1. The maximum atomic E-state index is 11.4. The molecule has 3 rings (SSSR count). The third kappa shape index (κ3) is 4.95. The van der Waals surface area contributed by atoms with Crippen LogP contribution in [0.2, 0.25) is 0 Å². The Hall–Kier alpha value is -1.60. The second kappa shape index (κ2) is 8.67. The number of nitrogens with zero attached hydrogens (tertiary/aromatic N) is 3. The van der Waals surface area contributed by atoms with Crippen LogP contribution in [0.3, 0.4) is 0 Å². The van der Waals surface area contributed by atoms with Crippen LogP contribution in [0, 0.1) is 0 Å². The van der Waals surface area contributed by atoms with Gasteiger partial charge in [0, 0.05) is 64.2 Å². The summed E-state index contributed by atoms with van der Waals surface area (Å²) in [7, 11) is 1.82. The lowest BCUT2D eigenvalue weighted by atomic mass is 10.1. The smallest absolute Gasteiger partial charge is 0.219 e. The van der Waals surface area contributed by atoms with E-state index >= 15 is 0 Å². The average Bonchev–Trinajstić information content (AvgIpc) is 3.09. The van der Waals surface area contributed by atoms with Crippen molar-refractivity contribution in [2.24, 2.45) is 4.99 Å². The zero-order chi connectivity index (χ0) is 17.6. The van der Waals surface area contributed by atoms with Crippen molar-refractivity contribution < 1.29 is 4.79 Å². The molecule has 25 heavy (non-hydrogen) atoms. The van der Waals surface area contributed by atoms with Crippen LogP contribution in [0.15, 0.2) is 16.4 Å². The Morgan fingerprint density at radius 3 is 2.88 bits per heavy atom. The molecule has 1 aromatic heterocycles. The summed E-state index contributed by atoms with van der Waals surface area (Å²) in [6, 6.07) is 2.65. The van der Waals surface area contributed by atoms with Gasteiger partial charge in [0.2, 0.25) is 5.91 Å². The highest BCUT2D eigenvalue weighted by Gasteiger charge is 2.21. The Morgan fingerprint density at radius 1 is 1.36 bits per heavy atom. The van der Waals surface area contributed by atoms with Crippen LogP contribution in [0.1, 0.15) is 30.2 Å². The van der Waals surface area contributed by atoms with Crippen molar-refractivity contribution in [1.29, 1.82) is 0 Å². The van der Waals surface area contributed by atoms with Crippen molar-refractivity contribution in [3.05, 3.63) is 21.9 Å². The first-order valence-electron chi connectivity index (χ1n) is 9.16. The molecule has 3 heterocycles. The predicted octanol–water partition coefficient (Wildman–Crippen LogP) is 1.28. The fraction of sp³-hybridized carbons (Fsp3) is 0.667. The van der Waals surface area contributed by atoms with Gasteiger partial charge in [0.05, 0.1) is 0 Å². The van der Waals surface area contributed by atoms with Crippen LogP contribution in [0.4, 0.5) is 0 Å². The first-order valence-corrected chi connectivity index (χ1v) is 10.0. The summed E-state index contributed by atoms with van der Waals surface area (Å²) in [6.07, 6.45) is 3.13. The molecule has 2 N–H and O–H groups in total. The summed E-state index contributed by atoms with van der Waals surface area (Å²) >= 11 is 1.89. The molecule has 6 nitrogen and oxygen atoms in total. The van der Waals surface area contributed by atoms with Crippen molar-refractivity contribution in [2.45, 2.75) is 38.8 Å². The summed E-state index contributed by atoms with van der Waals surface area (Å²) in [5.74, 6) is 1.05. The number of carbonyl (C=O) groups is 1. The second-order valence-electron chi connectivity index (χ2n) is 6.82. The number of guanidine groups is 1. The first kappa shape index (κ1) is 18.2. The average molecular weight is 364 g/mol. The SMILES string of the molecule is CN=C(NCCN1CCc2sccc2C1)NC1CCN(C(C)=O)CC1. The first-order chi connectivity index (χ1) is 12.2. The Balaban J connectivity index is 1.37. The molecule has 138 valence electrons. The van der Waals surface area contributed by atoms with E-state index in [9.17, 15) is 4.79 Å². The highest BCUT2D eigenvalue weighted by Crippen LogP contribution is 2.23. The minimum Gasteiger partial charge on any atom is -0.355 e. The lowest BCUT2D eigenvalue weighted by Crippen LogP contribution is -2.50. The van der Waals surface area contributed by atoms with E-state index in [1.807, 2.05) is 23.3 Å². The van der Waals surface area contributed by atoms with Gasteiger partial charge >= 0.3 is 0 Å². The number of hydrogen-bond acceptors (Lipinski definition) is 4. The Kier molecular flexibility index (Phi) is 6.31. The molecule has 1 amide bonds. The second-order valence-corrected chi connectivity index (χ2v) is 7.82. The summed E-state index contributed by atoms with van der Waals surface area (Å²) < 4.78 is 0. The van der Waals surface area contributed by atoms with Crippen molar-refractivity contribution in [1.82, 2.24) is 20.4 Å². The van der Waals surface area contributed by atoms with E-state index < -0.39 is 0 Å². The van der Waals surface area contributed by atoms with Crippen LogP contribution < -0.4 is 10.6 Å². The molecule has 0 unspecified atom stereocenters. The van der Waals surface area contributed by atoms with Gasteiger partial charge in [-0.05, 0) is 36.3 Å². The molecule has 7 heteroatoms. The maximum Gasteiger partial charge on any atom is 0.219 e. The zero-order valence-corrected chi connectivity index (χ0v) is 16.1. The zero-order valence-electron chi connectivity index (χ0n) is 15.3. The topological polar surface area (TPSA) is 60.0 Å². The maximum absolute atomic E-state index is 11.4. The lowest BCUT2D eigenvalue weighted by molar-refractivity contribution is -0.129. The Morgan fingerprint density at radius 2 is 2.16 bits per heavy atom. The van der Waals surface area contributed by atoms with Crippen LogP contribution in [-0.4, -0.2) is 67.5 Å². The van der Waals surface area contributed by atoms with E-state index in [2.05, 4.69) is 32.0 Å². The Bertz CT molecular complexity index is 606. The van der Waals surface area contributed by atoms with Crippen molar-refractivity contribution in [3.8, 4) is 0 Å². The minimum absolute atomic E-state index is 0.177. The van der Waals surface area contributed by atoms with Crippen molar-refractivity contribution in [2.75, 3.05) is 39.8 Å². The van der Waals surface area contributed by atoms with E-state index in [1.54, 1.807) is 11.8 Å². The van der Waals surface area contributed by atoms with Gasteiger partial charge in [0.1, 0.15) is 0 Å². The normalized spacial score (nSPS) is 19.6. The number of carbonyl (C=O) groups excluding carboxylic acids is 1. The number of hydrogen-bond donors (Lipinski definition) is 2. The van der Waals surface area contributed by atoms with Gasteiger partial charge in [-0.2, -0.15) is 0 Å². The summed E-state index contributed by atoms with van der Waals surface area (Å²) in [4.78, 5) is 21.7. The molecular weight excluding hydrogens is 334 g/mol. The van der Waals surface area contributed by atoms with Gasteiger partial charge in [-0.25, -0.2) is 0 Å². The van der Waals surface area contributed by atoms with Crippen molar-refractivity contribution >= 4 is 23.2 Å². The molecule has 0 radical (unpaired) electrons. The number of amides is 1. The molecule has 0 saturated carbocycles.